The Labute approximate surface area is 141 Å². The number of benzene rings is 2. The molecule has 0 saturated carbocycles. The molecule has 0 aliphatic rings. The number of nitrogens with one attached hydrogen (secondary N) is 1. The maximum absolute atomic E-state index is 11.3. The van der Waals surface area contributed by atoms with Crippen LogP contribution in [0, 0.1) is 17.0 Å². The van der Waals surface area contributed by atoms with Crippen LogP contribution in [0.1, 0.15) is 26.3 Å². The summed E-state index contributed by atoms with van der Waals surface area (Å²) in [5.74, 6) is -2.24. The molecule has 130 valence electrons. The summed E-state index contributed by atoms with van der Waals surface area (Å²) >= 11 is 0. The first-order valence-corrected chi connectivity index (χ1v) is 6.95. The quantitative estimate of drug-likeness (QED) is 0.535. The topological polar surface area (TPSA) is 139 Å². The van der Waals surface area contributed by atoms with Gasteiger partial charge in [0.1, 0.15) is 11.4 Å². The van der Waals surface area contributed by atoms with Gasteiger partial charge in [0.2, 0.25) is 0 Å². The van der Waals surface area contributed by atoms with Gasteiger partial charge in [0, 0.05) is 6.07 Å². The van der Waals surface area contributed by atoms with Gasteiger partial charge in [0.15, 0.2) is 0 Å². The molecule has 2 aromatic rings. The highest BCUT2D eigenvalue weighted by atomic mass is 16.6. The van der Waals surface area contributed by atoms with Crippen molar-refractivity contribution in [3.63, 3.8) is 0 Å². The normalized spacial score (nSPS) is 10.2. The number of nitrogens with zero attached hydrogens (tertiary/aromatic N) is 1. The highest BCUT2D eigenvalue weighted by Crippen LogP contribution is 2.36. The maximum atomic E-state index is 11.3. The van der Waals surface area contributed by atoms with E-state index in [0.717, 1.165) is 6.07 Å². The number of nitro groups is 1. The van der Waals surface area contributed by atoms with Gasteiger partial charge < -0.3 is 20.3 Å². The molecular weight excluding hydrogens is 332 g/mol. The number of carboxylic acid groups (broad SMARTS) is 2. The molecule has 2 aromatic carbocycles. The van der Waals surface area contributed by atoms with Gasteiger partial charge in [0.25, 0.3) is 5.69 Å². The van der Waals surface area contributed by atoms with Gasteiger partial charge in [-0.25, -0.2) is 9.59 Å². The van der Waals surface area contributed by atoms with E-state index in [1.165, 1.54) is 38.3 Å². The SMILES string of the molecule is COc1cc(C(=O)O)ccc1Nc1c(C)cc(C(=O)O)cc1[N+](=O)[O-]. The first-order valence-electron chi connectivity index (χ1n) is 6.95. The average molecular weight is 346 g/mol. The number of hydrogen-bond donors (Lipinski definition) is 3. The van der Waals surface area contributed by atoms with Crippen molar-refractivity contribution in [3.05, 3.63) is 57.1 Å². The third-order valence-electron chi connectivity index (χ3n) is 3.47. The van der Waals surface area contributed by atoms with Gasteiger partial charge in [-0.05, 0) is 36.8 Å². The largest absolute Gasteiger partial charge is 0.495 e. The van der Waals surface area contributed by atoms with Crippen molar-refractivity contribution in [1.82, 2.24) is 0 Å². The van der Waals surface area contributed by atoms with Crippen molar-refractivity contribution < 1.29 is 29.5 Å². The molecule has 0 atom stereocenters. The molecule has 0 bridgehead atoms. The highest BCUT2D eigenvalue weighted by Gasteiger charge is 2.21. The summed E-state index contributed by atoms with van der Waals surface area (Å²) in [7, 11) is 1.33. The third kappa shape index (κ3) is 3.66. The van der Waals surface area contributed by atoms with Crippen molar-refractivity contribution in [2.75, 3.05) is 12.4 Å². The van der Waals surface area contributed by atoms with Gasteiger partial charge in [0.05, 0.1) is 28.8 Å². The molecule has 3 N–H and O–H groups in total. The fraction of sp³-hybridized carbons (Fsp3) is 0.125. The van der Waals surface area contributed by atoms with E-state index in [9.17, 15) is 19.7 Å². The van der Waals surface area contributed by atoms with E-state index >= 15 is 0 Å². The monoisotopic (exact) mass is 346 g/mol. The van der Waals surface area contributed by atoms with Crippen LogP contribution < -0.4 is 10.1 Å². The summed E-state index contributed by atoms with van der Waals surface area (Å²) in [5.41, 5.74) is 0.119. The number of methoxy groups -OCH3 is 1. The Morgan fingerprint density at radius 1 is 1.12 bits per heavy atom. The predicted molar refractivity (Wildman–Crippen MR) is 88.0 cm³/mol. The molecule has 0 aromatic heterocycles. The van der Waals surface area contributed by atoms with E-state index in [1.807, 2.05) is 0 Å². The van der Waals surface area contributed by atoms with Gasteiger partial charge in [-0.15, -0.1) is 0 Å². The summed E-state index contributed by atoms with van der Waals surface area (Å²) in [4.78, 5) is 32.7. The van der Waals surface area contributed by atoms with Crippen LogP contribution in [0.15, 0.2) is 30.3 Å². The molecule has 9 nitrogen and oxygen atoms in total. The summed E-state index contributed by atoms with van der Waals surface area (Å²) in [5, 5.41) is 32.2. The minimum atomic E-state index is -1.28. The molecule has 0 heterocycles. The van der Waals surface area contributed by atoms with E-state index in [4.69, 9.17) is 14.9 Å². The predicted octanol–water partition coefficient (Wildman–Crippen LogP) is 3.05. The van der Waals surface area contributed by atoms with Gasteiger partial charge in [-0.3, -0.25) is 10.1 Å². The standard InChI is InChI=1S/C16H14N2O7/c1-8-5-10(16(21)22)6-12(18(23)24)14(8)17-11-4-3-9(15(19)20)7-13(11)25-2/h3-7,17H,1-2H3,(H,19,20)(H,21,22). The molecule has 2 rings (SSSR count). The number of aryl methyl sites for hydroxylation is 1. The van der Waals surface area contributed by atoms with Crippen LogP contribution in [-0.4, -0.2) is 34.2 Å². The highest BCUT2D eigenvalue weighted by molar-refractivity contribution is 5.92. The maximum Gasteiger partial charge on any atom is 0.335 e. The van der Waals surface area contributed by atoms with E-state index in [-0.39, 0.29) is 22.6 Å². The Hall–Kier alpha value is -3.62. The van der Waals surface area contributed by atoms with E-state index in [2.05, 4.69) is 5.32 Å². The summed E-state index contributed by atoms with van der Waals surface area (Å²) in [6.45, 7) is 1.53. The van der Waals surface area contributed by atoms with Crippen LogP contribution in [0.25, 0.3) is 0 Å². The molecule has 0 spiro atoms. The minimum Gasteiger partial charge on any atom is -0.495 e. The molecular formula is C16H14N2O7. The zero-order valence-corrected chi connectivity index (χ0v) is 13.3. The second-order valence-corrected chi connectivity index (χ2v) is 5.09. The molecule has 0 unspecified atom stereocenters. The van der Waals surface area contributed by atoms with E-state index in [0.29, 0.717) is 11.3 Å². The van der Waals surface area contributed by atoms with Crippen molar-refractivity contribution >= 4 is 29.0 Å². The molecule has 0 aliphatic heterocycles. The van der Waals surface area contributed by atoms with Crippen LogP contribution in [0.4, 0.5) is 17.1 Å². The lowest BCUT2D eigenvalue weighted by molar-refractivity contribution is -0.384. The summed E-state index contributed by atoms with van der Waals surface area (Å²) < 4.78 is 5.12. The van der Waals surface area contributed by atoms with E-state index < -0.39 is 22.5 Å². The van der Waals surface area contributed by atoms with Crippen molar-refractivity contribution in [3.8, 4) is 5.75 Å². The van der Waals surface area contributed by atoms with Crippen LogP contribution in [0.5, 0.6) is 5.75 Å². The first kappa shape index (κ1) is 17.7. The van der Waals surface area contributed by atoms with Gasteiger partial charge >= 0.3 is 11.9 Å². The third-order valence-corrected chi connectivity index (χ3v) is 3.47. The number of carboxylic acids is 2. The first-order chi connectivity index (χ1) is 11.7. The fourth-order valence-corrected chi connectivity index (χ4v) is 2.26. The minimum absolute atomic E-state index is 0.00477. The van der Waals surface area contributed by atoms with Crippen molar-refractivity contribution in [2.24, 2.45) is 0 Å². The van der Waals surface area contributed by atoms with E-state index in [1.54, 1.807) is 0 Å². The Morgan fingerprint density at radius 3 is 2.28 bits per heavy atom. The lowest BCUT2D eigenvalue weighted by Gasteiger charge is -2.14. The molecule has 0 fully saturated rings. The fourth-order valence-electron chi connectivity index (χ4n) is 2.26. The molecule has 0 amide bonds. The second-order valence-electron chi connectivity index (χ2n) is 5.09. The molecule has 0 aliphatic carbocycles. The van der Waals surface area contributed by atoms with Gasteiger partial charge in [-0.1, -0.05) is 0 Å². The Balaban J connectivity index is 2.55. The average Bonchev–Trinajstić information content (AvgIpc) is 2.55. The Kier molecular flexibility index (Phi) is 4.87. The molecule has 0 saturated heterocycles. The number of hydrogen-bond acceptors (Lipinski definition) is 6. The summed E-state index contributed by atoms with van der Waals surface area (Å²) in [6, 6.07) is 6.26. The molecule has 0 radical (unpaired) electrons. The van der Waals surface area contributed by atoms with Gasteiger partial charge in [-0.2, -0.15) is 0 Å². The smallest absolute Gasteiger partial charge is 0.335 e. The number of aromatic carboxylic acids is 2. The molecule has 25 heavy (non-hydrogen) atoms. The summed E-state index contributed by atoms with van der Waals surface area (Å²) in [6.07, 6.45) is 0. The number of rotatable bonds is 6. The zero-order chi connectivity index (χ0) is 18.7. The number of ether oxygens (including phenoxy) is 1. The number of carbonyl (C=O) groups is 2. The van der Waals surface area contributed by atoms with Crippen molar-refractivity contribution in [2.45, 2.75) is 6.92 Å². The lowest BCUT2D eigenvalue weighted by atomic mass is 10.1. The van der Waals surface area contributed by atoms with Crippen LogP contribution in [-0.2, 0) is 0 Å². The lowest BCUT2D eigenvalue weighted by Crippen LogP contribution is -2.05. The second kappa shape index (κ2) is 6.87. The van der Waals surface area contributed by atoms with Crippen LogP contribution >= 0.6 is 0 Å². The number of anilines is 2. The Morgan fingerprint density at radius 2 is 1.76 bits per heavy atom. The van der Waals surface area contributed by atoms with Crippen molar-refractivity contribution in [1.29, 1.82) is 0 Å². The van der Waals surface area contributed by atoms with Crippen LogP contribution in [0.3, 0.4) is 0 Å². The number of nitro benzene ring substituents is 1. The van der Waals surface area contributed by atoms with Crippen LogP contribution in [0.2, 0.25) is 0 Å². The molecule has 9 heteroatoms. The zero-order valence-electron chi connectivity index (χ0n) is 13.3. The Bertz CT molecular complexity index is 877.